The molecule has 0 unspecified atom stereocenters. The third kappa shape index (κ3) is 3.10. The Morgan fingerprint density at radius 3 is 2.60 bits per heavy atom. The molecule has 124 valence electrons. The lowest BCUT2D eigenvalue weighted by Crippen LogP contribution is -2.13. The highest BCUT2D eigenvalue weighted by atomic mass is 79.9. The van der Waals surface area contributed by atoms with Crippen LogP contribution in [0.5, 0.6) is 0 Å². The highest BCUT2D eigenvalue weighted by Gasteiger charge is 2.19. The molecule has 0 spiro atoms. The number of nitrogens with one attached hydrogen (secondary N) is 2. The zero-order chi connectivity index (χ0) is 18.2. The van der Waals surface area contributed by atoms with Crippen molar-refractivity contribution in [3.8, 4) is 12.1 Å². The first kappa shape index (κ1) is 17.0. The van der Waals surface area contributed by atoms with Crippen LogP contribution in [-0.2, 0) is 10.0 Å². The Bertz CT molecular complexity index is 1180. The third-order valence-corrected chi connectivity index (χ3v) is 5.52. The van der Waals surface area contributed by atoms with E-state index < -0.39 is 10.0 Å². The number of nitrogens with zero attached hydrogens (tertiary/aromatic N) is 2. The van der Waals surface area contributed by atoms with E-state index in [4.69, 9.17) is 5.26 Å². The number of benzene rings is 2. The van der Waals surface area contributed by atoms with Crippen LogP contribution in [0.1, 0.15) is 16.7 Å². The van der Waals surface area contributed by atoms with Crippen molar-refractivity contribution in [1.82, 2.24) is 4.98 Å². The lowest BCUT2D eigenvalue weighted by atomic mass is 10.1. The summed E-state index contributed by atoms with van der Waals surface area (Å²) in [5, 5.41) is 18.9. The fourth-order valence-electron chi connectivity index (χ4n) is 2.58. The lowest BCUT2D eigenvalue weighted by Gasteiger charge is -2.11. The topological polar surface area (TPSA) is 110 Å². The number of fused-ring (bicyclic) bond motifs is 1. The van der Waals surface area contributed by atoms with Crippen molar-refractivity contribution in [2.24, 2.45) is 0 Å². The zero-order valence-electron chi connectivity index (χ0n) is 13.0. The minimum Gasteiger partial charge on any atom is -0.358 e. The molecule has 0 atom stereocenters. The van der Waals surface area contributed by atoms with Crippen LogP contribution in [0.3, 0.4) is 0 Å². The Balaban J connectivity index is 2.12. The molecule has 0 saturated carbocycles. The van der Waals surface area contributed by atoms with Gasteiger partial charge in [-0.2, -0.15) is 10.5 Å². The Morgan fingerprint density at radius 2 is 1.92 bits per heavy atom. The van der Waals surface area contributed by atoms with Crippen molar-refractivity contribution in [2.75, 3.05) is 4.72 Å². The maximum atomic E-state index is 12.7. The first-order valence-electron chi connectivity index (χ1n) is 7.10. The van der Waals surface area contributed by atoms with Crippen molar-refractivity contribution < 1.29 is 8.42 Å². The molecule has 0 aliphatic rings. The molecule has 0 bridgehead atoms. The van der Waals surface area contributed by atoms with Gasteiger partial charge in [0.15, 0.2) is 0 Å². The quantitative estimate of drug-likeness (QED) is 0.678. The van der Waals surface area contributed by atoms with Crippen LogP contribution in [-0.4, -0.2) is 13.4 Å². The fourth-order valence-corrected chi connectivity index (χ4v) is 4.37. The van der Waals surface area contributed by atoms with E-state index in [1.54, 1.807) is 18.3 Å². The Kier molecular flexibility index (Phi) is 4.25. The van der Waals surface area contributed by atoms with Gasteiger partial charge in [0.05, 0.1) is 33.3 Å². The number of sulfonamides is 1. The van der Waals surface area contributed by atoms with E-state index in [0.29, 0.717) is 26.6 Å². The molecule has 0 aliphatic carbocycles. The van der Waals surface area contributed by atoms with Gasteiger partial charge in [0, 0.05) is 16.1 Å². The molecule has 8 heteroatoms. The molecule has 2 N–H and O–H groups in total. The third-order valence-electron chi connectivity index (χ3n) is 3.72. The van der Waals surface area contributed by atoms with Crippen molar-refractivity contribution >= 4 is 42.5 Å². The van der Waals surface area contributed by atoms with Gasteiger partial charge < -0.3 is 4.98 Å². The molecule has 0 amide bonds. The van der Waals surface area contributed by atoms with Crippen molar-refractivity contribution in [1.29, 1.82) is 10.5 Å². The number of rotatable bonds is 3. The predicted molar refractivity (Wildman–Crippen MR) is 97.4 cm³/mol. The monoisotopic (exact) mass is 414 g/mol. The average molecular weight is 415 g/mol. The molecule has 3 aromatic rings. The van der Waals surface area contributed by atoms with E-state index in [-0.39, 0.29) is 10.5 Å². The van der Waals surface area contributed by atoms with Gasteiger partial charge in [-0.3, -0.25) is 4.72 Å². The molecule has 25 heavy (non-hydrogen) atoms. The van der Waals surface area contributed by atoms with E-state index in [2.05, 4.69) is 31.7 Å². The summed E-state index contributed by atoms with van der Waals surface area (Å²) in [6, 6.07) is 11.6. The first-order valence-corrected chi connectivity index (χ1v) is 9.37. The average Bonchev–Trinajstić information content (AvgIpc) is 3.02. The standard InChI is InChI=1S/C17H11BrN4O2S/c1-10-2-3-15(17-16(10)12(8-20)9-21-17)22-25(23,24)14-5-11(7-19)4-13(18)6-14/h2-6,9,21-22H,1H3. The predicted octanol–water partition coefficient (Wildman–Crippen LogP) is 3.78. The molecule has 0 fully saturated rings. The van der Waals surface area contributed by atoms with Crippen LogP contribution in [0.4, 0.5) is 5.69 Å². The van der Waals surface area contributed by atoms with Gasteiger partial charge in [-0.1, -0.05) is 22.0 Å². The summed E-state index contributed by atoms with van der Waals surface area (Å²) in [6.45, 7) is 1.85. The number of aromatic amines is 1. The van der Waals surface area contributed by atoms with E-state index in [9.17, 15) is 13.7 Å². The SMILES string of the molecule is Cc1ccc(NS(=O)(=O)c2cc(Br)cc(C#N)c2)c2[nH]cc(C#N)c12. The van der Waals surface area contributed by atoms with E-state index in [1.807, 2.05) is 13.0 Å². The number of anilines is 1. The highest BCUT2D eigenvalue weighted by molar-refractivity contribution is 9.10. The maximum absolute atomic E-state index is 12.7. The number of hydrogen-bond donors (Lipinski definition) is 2. The van der Waals surface area contributed by atoms with Gasteiger partial charge in [0.25, 0.3) is 10.0 Å². The largest absolute Gasteiger partial charge is 0.358 e. The number of H-pyrrole nitrogens is 1. The second kappa shape index (κ2) is 6.25. The summed E-state index contributed by atoms with van der Waals surface area (Å²) in [5.74, 6) is 0. The van der Waals surface area contributed by atoms with Crippen LogP contribution in [0.25, 0.3) is 10.9 Å². The van der Waals surface area contributed by atoms with Crippen LogP contribution in [0.2, 0.25) is 0 Å². The summed E-state index contributed by atoms with van der Waals surface area (Å²) in [5.41, 5.74) is 2.42. The van der Waals surface area contributed by atoms with Gasteiger partial charge in [-0.15, -0.1) is 0 Å². The number of nitriles is 2. The van der Waals surface area contributed by atoms with Crippen molar-refractivity contribution in [3.05, 3.63) is 57.7 Å². The zero-order valence-corrected chi connectivity index (χ0v) is 15.4. The summed E-state index contributed by atoms with van der Waals surface area (Å²) < 4.78 is 28.4. The molecule has 0 aliphatic heterocycles. The van der Waals surface area contributed by atoms with Gasteiger partial charge in [-0.25, -0.2) is 8.42 Å². The second-order valence-corrected chi connectivity index (χ2v) is 7.99. The van der Waals surface area contributed by atoms with Gasteiger partial charge >= 0.3 is 0 Å². The smallest absolute Gasteiger partial charge is 0.262 e. The maximum Gasteiger partial charge on any atom is 0.262 e. The molecule has 3 rings (SSSR count). The Hall–Kier alpha value is -2.81. The summed E-state index contributed by atoms with van der Waals surface area (Å²) in [7, 11) is -3.90. The summed E-state index contributed by atoms with van der Waals surface area (Å²) in [6.07, 6.45) is 1.54. The molecule has 1 heterocycles. The van der Waals surface area contributed by atoms with Gasteiger partial charge in [0.2, 0.25) is 0 Å². The minimum absolute atomic E-state index is 0.0285. The molecular weight excluding hydrogens is 404 g/mol. The molecule has 0 saturated heterocycles. The van der Waals surface area contributed by atoms with Gasteiger partial charge in [-0.05, 0) is 36.8 Å². The van der Waals surface area contributed by atoms with E-state index >= 15 is 0 Å². The molecule has 2 aromatic carbocycles. The molecular formula is C17H11BrN4O2S. The van der Waals surface area contributed by atoms with Crippen molar-refractivity contribution in [3.63, 3.8) is 0 Å². The number of aromatic nitrogens is 1. The lowest BCUT2D eigenvalue weighted by molar-refractivity contribution is 0.601. The Labute approximate surface area is 152 Å². The van der Waals surface area contributed by atoms with Crippen LogP contribution in [0.15, 0.2) is 45.9 Å². The normalized spacial score (nSPS) is 11.0. The second-order valence-electron chi connectivity index (χ2n) is 5.39. The van der Waals surface area contributed by atoms with Gasteiger partial charge in [0.1, 0.15) is 6.07 Å². The van der Waals surface area contributed by atoms with Crippen LogP contribution < -0.4 is 4.72 Å². The summed E-state index contributed by atoms with van der Waals surface area (Å²) >= 11 is 3.21. The molecule has 1 aromatic heterocycles. The van der Waals surface area contributed by atoms with E-state index in [1.165, 1.54) is 18.2 Å². The van der Waals surface area contributed by atoms with Crippen LogP contribution in [0, 0.1) is 29.6 Å². The van der Waals surface area contributed by atoms with Crippen molar-refractivity contribution in [2.45, 2.75) is 11.8 Å². The fraction of sp³-hybridized carbons (Fsp3) is 0.0588. The molecule has 0 radical (unpaired) electrons. The number of aryl methyl sites for hydroxylation is 1. The highest BCUT2D eigenvalue weighted by Crippen LogP contribution is 2.30. The Morgan fingerprint density at radius 1 is 1.16 bits per heavy atom. The molecule has 6 nitrogen and oxygen atoms in total. The number of halogens is 1. The number of hydrogen-bond acceptors (Lipinski definition) is 4. The van der Waals surface area contributed by atoms with Crippen LogP contribution >= 0.6 is 15.9 Å². The first-order chi connectivity index (χ1) is 11.9. The summed E-state index contributed by atoms with van der Waals surface area (Å²) in [4.78, 5) is 2.92. The minimum atomic E-state index is -3.90. The van der Waals surface area contributed by atoms with E-state index in [0.717, 1.165) is 5.56 Å².